The van der Waals surface area contributed by atoms with Gasteiger partial charge in [-0.3, -0.25) is 19.2 Å². The highest BCUT2D eigenvalue weighted by Crippen LogP contribution is 2.30. The molecule has 0 bridgehead atoms. The summed E-state index contributed by atoms with van der Waals surface area (Å²) in [5, 5.41) is 15.5. The van der Waals surface area contributed by atoms with E-state index in [-0.39, 0.29) is 84.4 Å². The lowest BCUT2D eigenvalue weighted by Gasteiger charge is -2.28. The number of benzene rings is 2. The van der Waals surface area contributed by atoms with Gasteiger partial charge in [-0.1, -0.05) is 0 Å². The summed E-state index contributed by atoms with van der Waals surface area (Å²) in [5.74, 6) is -9.76. The molecule has 68 heavy (non-hydrogen) atoms. The number of nitrogens with two attached hydrogens (primary N) is 1. The summed E-state index contributed by atoms with van der Waals surface area (Å²) in [6.45, 7) is 6.89. The highest BCUT2D eigenvalue weighted by molar-refractivity contribution is 5.82. The van der Waals surface area contributed by atoms with Gasteiger partial charge in [0.25, 0.3) is 0 Å². The number of amides is 5. The second kappa shape index (κ2) is 24.1. The Hall–Kier alpha value is -5.61. The average Bonchev–Trinajstić information content (AvgIpc) is 4.17. The first kappa shape index (κ1) is 55.0. The monoisotopic (exact) mass is 980 g/mol. The number of carboxylic acid groups (broad SMARTS) is 1. The fourth-order valence-electron chi connectivity index (χ4n) is 7.55. The number of carboxylic acids is 1. The predicted octanol–water partition coefficient (Wildman–Crippen LogP) is 5.96. The van der Waals surface area contributed by atoms with E-state index < -0.39 is 70.8 Å². The van der Waals surface area contributed by atoms with Crippen molar-refractivity contribution in [2.24, 2.45) is 17.6 Å². The SMILES string of the molecule is CC(C)(C)OC(=O)N[C@@H](CC(=O)N1CCC[C@H]1CNC(=O)C1CC1)Cc1cc(F)c(F)cc1F.N[C@@H](CC(=O)N1CCC[C@H]1CNC(=O)C1CC1)Cc1cc(F)c(F)cc1F.O=C(O)C(F)(F)F. The van der Waals surface area contributed by atoms with E-state index in [9.17, 15) is 63.5 Å². The summed E-state index contributed by atoms with van der Waals surface area (Å²) in [5.41, 5.74) is 4.93. The van der Waals surface area contributed by atoms with Crippen LogP contribution >= 0.6 is 0 Å². The number of hydrogen-bond acceptors (Lipinski definition) is 8. The van der Waals surface area contributed by atoms with E-state index in [1.54, 1.807) is 30.6 Å². The van der Waals surface area contributed by atoms with E-state index in [4.69, 9.17) is 20.4 Å². The number of rotatable bonds is 15. The summed E-state index contributed by atoms with van der Waals surface area (Å²) in [7, 11) is 0. The Kier molecular flexibility index (Phi) is 19.5. The van der Waals surface area contributed by atoms with Crippen LogP contribution in [0.4, 0.5) is 44.3 Å². The number of aliphatic carboxylic acids is 1. The van der Waals surface area contributed by atoms with E-state index in [1.165, 1.54) is 0 Å². The molecule has 2 heterocycles. The third-order valence-electron chi connectivity index (χ3n) is 11.3. The van der Waals surface area contributed by atoms with Crippen molar-refractivity contribution >= 4 is 35.7 Å². The summed E-state index contributed by atoms with van der Waals surface area (Å²) in [4.78, 5) is 74.0. The maximum absolute atomic E-state index is 14.3. The average molecular weight is 981 g/mol. The lowest BCUT2D eigenvalue weighted by molar-refractivity contribution is -0.192. The van der Waals surface area contributed by atoms with E-state index in [1.807, 2.05) is 0 Å². The second-order valence-corrected chi connectivity index (χ2v) is 18.2. The first-order valence-corrected chi connectivity index (χ1v) is 22.2. The van der Waals surface area contributed by atoms with Gasteiger partial charge in [-0.2, -0.15) is 13.2 Å². The number of nitrogens with one attached hydrogen (secondary N) is 3. The number of hydrogen-bond donors (Lipinski definition) is 5. The van der Waals surface area contributed by atoms with Crippen LogP contribution in [-0.2, 0) is 41.6 Å². The van der Waals surface area contributed by atoms with Crippen molar-refractivity contribution < 1.29 is 78.1 Å². The van der Waals surface area contributed by atoms with Crippen LogP contribution in [0.2, 0.25) is 0 Å². The van der Waals surface area contributed by atoms with Crippen molar-refractivity contribution in [1.82, 2.24) is 25.8 Å². The molecule has 2 aliphatic heterocycles. The van der Waals surface area contributed by atoms with Crippen LogP contribution in [0.3, 0.4) is 0 Å². The third-order valence-corrected chi connectivity index (χ3v) is 11.3. The molecule has 4 aliphatic rings. The zero-order valence-electron chi connectivity index (χ0n) is 37.8. The van der Waals surface area contributed by atoms with Crippen LogP contribution in [0.15, 0.2) is 24.3 Å². The van der Waals surface area contributed by atoms with Crippen molar-refractivity contribution in [2.45, 2.75) is 134 Å². The molecule has 4 atom stereocenters. The van der Waals surface area contributed by atoms with Crippen LogP contribution in [0.25, 0.3) is 0 Å². The van der Waals surface area contributed by atoms with Gasteiger partial charge in [0.2, 0.25) is 23.6 Å². The summed E-state index contributed by atoms with van der Waals surface area (Å²) < 4.78 is 118. The van der Waals surface area contributed by atoms with Crippen molar-refractivity contribution in [3.63, 3.8) is 0 Å². The first-order valence-electron chi connectivity index (χ1n) is 22.2. The number of carbonyl (C=O) groups is 6. The minimum atomic E-state index is -5.08. The van der Waals surface area contributed by atoms with Crippen molar-refractivity contribution in [1.29, 1.82) is 0 Å². The number of halogens is 9. The standard InChI is InChI=1S/C24H32F3N3O4.C19H24F3N3O2.C2HF3O2/c1-24(2,3)34-23(33)29-16(9-15-10-19(26)20(27)12-18(15)25)11-21(31)30-8-4-5-17(30)13-28-22(32)14-6-7-14;20-15-9-17(22)16(21)7-12(15)6-13(23)8-18(26)25-5-1-2-14(25)10-24-19(27)11-3-4-11;3-2(4,5)1(6)7/h10,12,14,16-17H,4-9,11,13H2,1-3H3,(H,28,32)(H,29,33);7,9,11,13-14H,1-6,8,10,23H2,(H,24,27);(H,6,7)/t16-,17+;13-,14+;/m11./s1. The molecule has 6 rings (SSSR count). The van der Waals surface area contributed by atoms with Crippen LogP contribution in [-0.4, -0.2) is 113 Å². The Morgan fingerprint density at radius 3 is 1.46 bits per heavy atom. The zero-order valence-corrected chi connectivity index (χ0v) is 37.8. The molecule has 14 nitrogen and oxygen atoms in total. The van der Waals surface area contributed by atoms with Crippen LogP contribution in [0, 0.1) is 46.7 Å². The largest absolute Gasteiger partial charge is 0.490 e. The highest BCUT2D eigenvalue weighted by Gasteiger charge is 2.39. The number of alkyl halides is 3. The molecule has 2 saturated carbocycles. The van der Waals surface area contributed by atoms with Gasteiger partial charge in [0, 0.05) is 87.2 Å². The van der Waals surface area contributed by atoms with Crippen molar-refractivity contribution in [2.75, 3.05) is 26.2 Å². The molecule has 0 radical (unpaired) electrons. The van der Waals surface area contributed by atoms with Gasteiger partial charge >= 0.3 is 18.2 Å². The van der Waals surface area contributed by atoms with Gasteiger partial charge in [0.15, 0.2) is 23.3 Å². The molecule has 2 saturated heterocycles. The Labute approximate surface area is 386 Å². The Bertz CT molecular complexity index is 2130. The molecule has 2 aliphatic carbocycles. The highest BCUT2D eigenvalue weighted by atomic mass is 19.4. The van der Waals surface area contributed by atoms with Gasteiger partial charge in [-0.15, -0.1) is 0 Å². The second-order valence-electron chi connectivity index (χ2n) is 18.2. The molecule has 6 N–H and O–H groups in total. The zero-order chi connectivity index (χ0) is 50.7. The van der Waals surface area contributed by atoms with E-state index in [2.05, 4.69) is 16.0 Å². The van der Waals surface area contributed by atoms with Crippen LogP contribution in [0.1, 0.15) is 96.1 Å². The normalized spacial score (nSPS) is 18.8. The van der Waals surface area contributed by atoms with Crippen LogP contribution in [0.5, 0.6) is 0 Å². The topological polar surface area (TPSA) is 200 Å². The van der Waals surface area contributed by atoms with E-state index in [0.717, 1.165) is 63.5 Å². The quantitative estimate of drug-likeness (QED) is 0.106. The molecule has 2 aromatic carbocycles. The fourth-order valence-corrected chi connectivity index (χ4v) is 7.55. The van der Waals surface area contributed by atoms with E-state index >= 15 is 0 Å². The summed E-state index contributed by atoms with van der Waals surface area (Å²) in [6.07, 6.45) is 0.400. The number of likely N-dealkylation sites (tertiary alicyclic amines) is 2. The molecule has 378 valence electrons. The number of alkyl carbamates (subject to hydrolysis) is 1. The Balaban J connectivity index is 0.000000265. The van der Waals surface area contributed by atoms with Crippen LogP contribution < -0.4 is 21.7 Å². The maximum Gasteiger partial charge on any atom is 0.490 e. The molecule has 4 fully saturated rings. The smallest absolute Gasteiger partial charge is 0.475 e. The molecule has 23 heteroatoms. The number of ether oxygens (including phenoxy) is 1. The fraction of sp³-hybridized carbons (Fsp3) is 0.600. The van der Waals surface area contributed by atoms with Crippen molar-refractivity contribution in [3.8, 4) is 0 Å². The number of carbonyl (C=O) groups excluding carboxylic acids is 5. The Morgan fingerprint density at radius 1 is 0.662 bits per heavy atom. The van der Waals surface area contributed by atoms with Gasteiger partial charge < -0.3 is 41.3 Å². The lowest BCUT2D eigenvalue weighted by Crippen LogP contribution is -2.47. The van der Waals surface area contributed by atoms with E-state index in [0.29, 0.717) is 38.3 Å². The maximum atomic E-state index is 14.3. The summed E-state index contributed by atoms with van der Waals surface area (Å²) >= 11 is 0. The van der Waals surface area contributed by atoms with Crippen molar-refractivity contribution in [3.05, 3.63) is 70.3 Å². The van der Waals surface area contributed by atoms with Gasteiger partial charge in [0.1, 0.15) is 17.2 Å². The van der Waals surface area contributed by atoms with Gasteiger partial charge in [0.05, 0.1) is 0 Å². The minimum absolute atomic E-state index is 0.00224. The number of nitrogens with zero attached hydrogens (tertiary/aromatic N) is 2. The van der Waals surface area contributed by atoms with Gasteiger partial charge in [-0.05, 0) is 108 Å². The molecular weight excluding hydrogens is 924 g/mol. The molecular formula is C45H57F9N6O8. The van der Waals surface area contributed by atoms with Gasteiger partial charge in [-0.25, -0.2) is 35.9 Å². The molecule has 0 spiro atoms. The third kappa shape index (κ3) is 17.8. The molecule has 0 unspecified atom stereocenters. The lowest BCUT2D eigenvalue weighted by atomic mass is 10.0. The predicted molar refractivity (Wildman–Crippen MR) is 225 cm³/mol. The molecule has 2 aromatic rings. The molecule has 5 amide bonds. The first-order chi connectivity index (χ1) is 31.7. The molecule has 0 aromatic heterocycles. The Morgan fingerprint density at radius 2 is 1.06 bits per heavy atom. The minimum Gasteiger partial charge on any atom is -0.475 e. The summed E-state index contributed by atoms with van der Waals surface area (Å²) in [6, 6.07) is 0.577.